The van der Waals surface area contributed by atoms with Crippen LogP contribution >= 0.6 is 0 Å². The molecule has 16 heteroatoms. The third kappa shape index (κ3) is 24.9. The van der Waals surface area contributed by atoms with E-state index in [2.05, 4.69) is 0 Å². The Morgan fingerprint density at radius 1 is 0.452 bits per heavy atom. The van der Waals surface area contributed by atoms with Gasteiger partial charge < -0.3 is 0 Å². The van der Waals surface area contributed by atoms with Crippen LogP contribution in [0.1, 0.15) is 40.0 Å². The SMILES string of the molecule is CC(=[OH+])CC(=[OH+])C(F)(F)F.CC(=[OH+])CC(=[OH+])C(F)(F)F.CC(=[OH+])CC(=[OH+])C(F)(F)F.[Sm]. The number of carbonyl (C=O) groups excluding carboxylic acids is 6. The molecule has 0 aromatic carbocycles. The van der Waals surface area contributed by atoms with Crippen LogP contribution in [-0.4, -0.2) is 82.0 Å². The largest absolute Gasteiger partial charge is 0.505 e. The van der Waals surface area contributed by atoms with Crippen molar-refractivity contribution in [1.29, 1.82) is 0 Å². The van der Waals surface area contributed by atoms with Crippen LogP contribution in [0.3, 0.4) is 0 Å². The molecule has 0 aliphatic heterocycles. The van der Waals surface area contributed by atoms with Crippen molar-refractivity contribution in [1.82, 2.24) is 0 Å². The van der Waals surface area contributed by atoms with Crippen LogP contribution in [0.15, 0.2) is 0 Å². The molecule has 0 saturated heterocycles. The summed E-state index contributed by atoms with van der Waals surface area (Å²) in [4.78, 5) is 49.5. The number of hydrogen-bond acceptors (Lipinski definition) is 0. The molecule has 0 radical (unpaired) electrons. The zero-order valence-corrected chi connectivity index (χ0v) is 18.7. The molecular weight excluding hydrogens is 598 g/mol. The van der Waals surface area contributed by atoms with Gasteiger partial charge in [-0.25, -0.2) is 0 Å². The van der Waals surface area contributed by atoms with E-state index in [1.165, 1.54) is 0 Å². The van der Waals surface area contributed by atoms with Crippen LogP contribution in [0.2, 0.25) is 0 Å². The van der Waals surface area contributed by atoms with Crippen molar-refractivity contribution < 1.29 is 109 Å². The molecular formula is C15H21F9O6Sm+6. The van der Waals surface area contributed by atoms with Gasteiger partial charge in [-0.1, -0.05) is 0 Å². The second-order valence-corrected chi connectivity index (χ2v) is 5.57. The van der Waals surface area contributed by atoms with Gasteiger partial charge in [-0.15, -0.1) is 0 Å². The Morgan fingerprint density at radius 3 is 0.613 bits per heavy atom. The van der Waals surface area contributed by atoms with Gasteiger partial charge in [0.05, 0.1) is 0 Å². The summed E-state index contributed by atoms with van der Waals surface area (Å²) in [5.74, 6) is -6.41. The minimum atomic E-state index is -4.72. The number of alkyl halides is 9. The van der Waals surface area contributed by atoms with E-state index >= 15 is 0 Å². The maximum atomic E-state index is 11.4. The minimum Gasteiger partial charge on any atom is -0.283 e. The molecule has 6 nitrogen and oxygen atoms in total. The molecule has 0 fully saturated rings. The minimum absolute atomic E-state index is 0. The van der Waals surface area contributed by atoms with Crippen LogP contribution < -0.4 is 0 Å². The number of rotatable bonds is 6. The Hall–Kier alpha value is -1.27. The van der Waals surface area contributed by atoms with Crippen molar-refractivity contribution in [3.63, 3.8) is 0 Å². The van der Waals surface area contributed by atoms with Gasteiger partial charge in [0.15, 0.2) is 19.3 Å². The maximum Gasteiger partial charge on any atom is 0.505 e. The third-order valence-electron chi connectivity index (χ3n) is 2.25. The van der Waals surface area contributed by atoms with Crippen molar-refractivity contribution in [2.75, 3.05) is 0 Å². The summed E-state index contributed by atoms with van der Waals surface area (Å²) in [6.45, 7) is 3.26. The molecule has 6 N–H and O–H groups in total. The molecule has 0 aliphatic rings. The molecule has 0 bridgehead atoms. The summed E-state index contributed by atoms with van der Waals surface area (Å²) in [6.07, 6.45) is -16.6. The maximum absolute atomic E-state index is 11.4. The van der Waals surface area contributed by atoms with E-state index in [9.17, 15) is 39.5 Å². The summed E-state index contributed by atoms with van der Waals surface area (Å²) in [7, 11) is 0. The average Bonchev–Trinajstić information content (AvgIpc) is 2.43. The van der Waals surface area contributed by atoms with Gasteiger partial charge >= 0.3 is 53.2 Å². The molecule has 0 heterocycles. The van der Waals surface area contributed by atoms with Crippen molar-refractivity contribution in [3.8, 4) is 0 Å². The predicted molar refractivity (Wildman–Crippen MR) is 90.7 cm³/mol. The van der Waals surface area contributed by atoms with Gasteiger partial charge in [-0.3, -0.25) is 28.8 Å². The Labute approximate surface area is 201 Å². The Kier molecular flexibility index (Phi) is 18.6. The topological polar surface area (TPSA) is 128 Å². The fourth-order valence-electron chi connectivity index (χ4n) is 1.03. The van der Waals surface area contributed by atoms with E-state index < -0.39 is 72.5 Å². The van der Waals surface area contributed by atoms with Crippen LogP contribution in [0.25, 0.3) is 0 Å². The Balaban J connectivity index is -0.000000174. The van der Waals surface area contributed by atoms with Crippen LogP contribution in [0.5, 0.6) is 0 Å². The molecule has 0 unspecified atom stereocenters. The number of hydrogen-bond donors (Lipinski definition) is 0. The zero-order valence-electron chi connectivity index (χ0n) is 16.1. The number of ketones is 6. The smallest absolute Gasteiger partial charge is 0.283 e. The zero-order chi connectivity index (χ0) is 25.1. The van der Waals surface area contributed by atoms with E-state index in [-0.39, 0.29) is 40.4 Å². The van der Waals surface area contributed by atoms with Crippen LogP contribution in [-0.2, 0) is 0 Å². The molecule has 180 valence electrons. The first-order valence-electron chi connectivity index (χ1n) is 7.41. The van der Waals surface area contributed by atoms with Gasteiger partial charge in [0.25, 0.3) is 0 Å². The molecule has 0 aromatic heterocycles. The van der Waals surface area contributed by atoms with Gasteiger partial charge in [-0.2, -0.15) is 39.5 Å². The molecule has 0 aliphatic carbocycles. The van der Waals surface area contributed by atoms with E-state index in [4.69, 9.17) is 28.8 Å². The molecule has 0 amide bonds. The van der Waals surface area contributed by atoms with E-state index in [0.717, 1.165) is 20.8 Å². The standard InChI is InChI=1S/3C5H5F3O2.Sm/c3*1-3(9)2-4(10)5(6,7)8;/h3*2H2,1H3;/p+6. The normalized spacial score (nSPS) is 10.8. The second kappa shape index (κ2) is 15.5. The summed E-state index contributed by atoms with van der Waals surface area (Å²) in [5, 5.41) is 0. The van der Waals surface area contributed by atoms with Gasteiger partial charge in [0.1, 0.15) is 0 Å². The third-order valence-corrected chi connectivity index (χ3v) is 2.25. The first-order valence-corrected chi connectivity index (χ1v) is 7.41. The second-order valence-electron chi connectivity index (χ2n) is 5.57. The Morgan fingerprint density at radius 2 is 0.581 bits per heavy atom. The molecule has 0 atom stereocenters. The fraction of sp³-hybridized carbons (Fsp3) is 0.600. The van der Waals surface area contributed by atoms with Gasteiger partial charge in [0, 0.05) is 61.2 Å². The molecule has 0 saturated carbocycles. The van der Waals surface area contributed by atoms with E-state index in [1.807, 2.05) is 0 Å². The van der Waals surface area contributed by atoms with Crippen molar-refractivity contribution in [3.05, 3.63) is 0 Å². The molecule has 0 rings (SSSR count). The summed E-state index contributed by atoms with van der Waals surface area (Å²) < 4.78 is 103. The van der Waals surface area contributed by atoms with Crippen molar-refractivity contribution >= 4 is 34.7 Å². The van der Waals surface area contributed by atoms with Crippen LogP contribution in [0.4, 0.5) is 39.5 Å². The van der Waals surface area contributed by atoms with Crippen LogP contribution in [0, 0.1) is 40.4 Å². The van der Waals surface area contributed by atoms with Gasteiger partial charge in [0.2, 0.25) is 0 Å². The fourth-order valence-corrected chi connectivity index (χ4v) is 1.03. The summed E-state index contributed by atoms with van der Waals surface area (Å²) >= 11 is 0. The summed E-state index contributed by atoms with van der Waals surface area (Å²) in [6, 6.07) is 0. The Bertz CT molecular complexity index is 573. The summed E-state index contributed by atoms with van der Waals surface area (Å²) in [5.41, 5.74) is 0. The molecule has 31 heavy (non-hydrogen) atoms. The molecule has 0 spiro atoms. The first-order chi connectivity index (χ1) is 13.0. The quantitative estimate of drug-likeness (QED) is 0.246. The van der Waals surface area contributed by atoms with Gasteiger partial charge in [-0.05, 0) is 0 Å². The molecule has 0 aromatic rings. The van der Waals surface area contributed by atoms with Crippen molar-refractivity contribution in [2.45, 2.75) is 58.6 Å². The van der Waals surface area contributed by atoms with Crippen molar-refractivity contribution in [2.24, 2.45) is 0 Å². The number of halogens is 9. The van der Waals surface area contributed by atoms with E-state index in [0.29, 0.717) is 0 Å². The monoisotopic (exact) mass is 620 g/mol. The average molecular weight is 619 g/mol. The van der Waals surface area contributed by atoms with E-state index in [1.54, 1.807) is 0 Å². The first kappa shape index (κ1) is 37.1. The predicted octanol–water partition coefficient (Wildman–Crippen LogP) is 3.15.